The summed E-state index contributed by atoms with van der Waals surface area (Å²) in [5, 5.41) is 27.3. The monoisotopic (exact) mass is 903 g/mol. The van der Waals surface area contributed by atoms with Gasteiger partial charge < -0.3 is 38.3 Å². The van der Waals surface area contributed by atoms with Crippen LogP contribution in [0.5, 0.6) is 0 Å². The Labute approximate surface area is 361 Å². The molecule has 0 unspecified atom stereocenters. The number of carbonyl (C=O) groups excluding carboxylic acids is 3. The number of benzene rings is 5. The Balaban J connectivity index is 0.000000184. The van der Waals surface area contributed by atoms with Crippen LogP contribution in [0.2, 0.25) is 0 Å². The van der Waals surface area contributed by atoms with E-state index < -0.39 is 16.8 Å². The van der Waals surface area contributed by atoms with Gasteiger partial charge in [-0.15, -0.1) is 11.3 Å². The fraction of sp³-hybridized carbons (Fsp3) is 0.0233. The number of amides is 3. The number of nitrogens with two attached hydrogens (primary N) is 3. The summed E-state index contributed by atoms with van der Waals surface area (Å²) in [5.41, 5.74) is 21.1. The van der Waals surface area contributed by atoms with Crippen LogP contribution in [-0.2, 0) is 0 Å². The number of nitrogens with one attached hydrogen (secondary N) is 3. The van der Waals surface area contributed by atoms with E-state index in [0.29, 0.717) is 38.9 Å². The van der Waals surface area contributed by atoms with Gasteiger partial charge in [0, 0.05) is 61.9 Å². The number of carbonyl (C=O) groups is 4. The van der Waals surface area contributed by atoms with Gasteiger partial charge in [-0.05, 0) is 126 Å². The number of hydrogen-bond acceptors (Lipinski definition) is 12. The van der Waals surface area contributed by atoms with Crippen LogP contribution in [0.15, 0.2) is 157 Å². The molecule has 0 aliphatic heterocycles. The third kappa shape index (κ3) is 15.1. The first-order chi connectivity index (χ1) is 29.2. The Kier molecular flexibility index (Phi) is 17.1. The van der Waals surface area contributed by atoms with Crippen molar-refractivity contribution in [2.75, 3.05) is 33.2 Å². The van der Waals surface area contributed by atoms with Crippen molar-refractivity contribution in [3.8, 4) is 0 Å². The molecule has 0 aliphatic carbocycles. The Bertz CT molecular complexity index is 2580. The number of aromatic carboxylic acids is 1. The molecular weight excluding hydrogens is 866 g/mol. The fourth-order valence-corrected chi connectivity index (χ4v) is 5.90. The number of rotatable bonds is 8. The van der Waals surface area contributed by atoms with E-state index in [1.54, 1.807) is 97.1 Å². The van der Waals surface area contributed by atoms with Crippen molar-refractivity contribution in [2.45, 2.75) is 6.92 Å². The molecule has 7 rings (SSSR count). The summed E-state index contributed by atoms with van der Waals surface area (Å²) in [4.78, 5) is 65.2. The number of carboxylic acids is 1. The van der Waals surface area contributed by atoms with Crippen LogP contribution >= 0.6 is 27.3 Å². The molecule has 310 valence electrons. The number of carboxylic acid groups (broad SMARTS) is 1. The van der Waals surface area contributed by atoms with Crippen LogP contribution < -0.4 is 33.2 Å². The first kappa shape index (κ1) is 45.7. The Morgan fingerprint density at radius 2 is 1.10 bits per heavy atom. The molecule has 0 saturated heterocycles. The normalized spacial score (nSPS) is 9.80. The van der Waals surface area contributed by atoms with Gasteiger partial charge in [0.25, 0.3) is 23.4 Å². The number of para-hydroxylation sites is 1. The number of aryl methyl sites for hydroxylation is 1. The minimum Gasteiger partial charge on any atom is -0.477 e. The maximum absolute atomic E-state index is 12.0. The maximum atomic E-state index is 12.0. The fourth-order valence-electron chi connectivity index (χ4n) is 4.73. The van der Waals surface area contributed by atoms with Gasteiger partial charge in [0.05, 0.1) is 16.7 Å². The average molecular weight is 905 g/mol. The molecule has 2 aromatic heterocycles. The molecule has 0 atom stereocenters. The lowest BCUT2D eigenvalue weighted by atomic mass is 10.1. The molecule has 2 heterocycles. The standard InChI is InChI=1S/C13H11BrN2O.C13H11N3O3.C11H10N4O.C6H6O2S/c14-12-4-2-1-3-11(12)13(17)16-10-7-5-9(15)6-8-10;14-9-5-7-10(8-6-9)15-13(17)11-3-1-2-4-12(11)16(18)19;12-8-1-3-9(4-2-8)15-11(16)10-7-13-5-6-14-10;1-4-2-3-5(9-4)6(7)8/h1-8H,15H2,(H,16,17);1-8H,14H2,(H,15,17);1-7H,12H2,(H,15,16);2-3H,1H3,(H,7,8). The van der Waals surface area contributed by atoms with E-state index >= 15 is 0 Å². The summed E-state index contributed by atoms with van der Waals surface area (Å²) in [5.74, 6) is -1.81. The molecule has 18 heteroatoms. The third-order valence-electron chi connectivity index (χ3n) is 7.72. The van der Waals surface area contributed by atoms with Crippen LogP contribution in [0.1, 0.15) is 45.8 Å². The van der Waals surface area contributed by atoms with Crippen LogP contribution in [0, 0.1) is 17.0 Å². The largest absolute Gasteiger partial charge is 0.477 e. The van der Waals surface area contributed by atoms with Crippen molar-refractivity contribution >= 4 is 90.8 Å². The Morgan fingerprint density at radius 1 is 0.639 bits per heavy atom. The lowest BCUT2D eigenvalue weighted by Gasteiger charge is -2.06. The summed E-state index contributed by atoms with van der Waals surface area (Å²) in [6, 6.07) is 36.9. The lowest BCUT2D eigenvalue weighted by Crippen LogP contribution is -2.13. The Morgan fingerprint density at radius 3 is 1.51 bits per heavy atom. The van der Waals surface area contributed by atoms with E-state index in [4.69, 9.17) is 22.3 Å². The molecule has 0 spiro atoms. The lowest BCUT2D eigenvalue weighted by molar-refractivity contribution is -0.385. The SMILES string of the molecule is Cc1ccc(C(=O)O)s1.Nc1ccc(NC(=O)c2ccccc2Br)cc1.Nc1ccc(NC(=O)c2ccccc2[N+](=O)[O-])cc1.Nc1ccc(NC(=O)c2cnccn2)cc1. The second kappa shape index (κ2) is 22.8. The second-order valence-electron chi connectivity index (χ2n) is 12.3. The van der Waals surface area contributed by atoms with Crippen LogP contribution in [0.4, 0.5) is 39.8 Å². The summed E-state index contributed by atoms with van der Waals surface area (Å²) < 4.78 is 0.771. The predicted octanol–water partition coefficient (Wildman–Crippen LogP) is 8.78. The number of nitrogens with zero attached hydrogens (tertiary/aromatic N) is 3. The molecule has 16 nitrogen and oxygen atoms in total. The minimum atomic E-state index is -0.840. The number of hydrogen-bond donors (Lipinski definition) is 7. The molecule has 7 aromatic rings. The topological polar surface area (TPSA) is 272 Å². The summed E-state index contributed by atoms with van der Waals surface area (Å²) in [6.45, 7) is 1.89. The van der Waals surface area contributed by atoms with Gasteiger partial charge >= 0.3 is 5.97 Å². The first-order valence-corrected chi connectivity index (χ1v) is 19.4. The zero-order valence-corrected chi connectivity index (χ0v) is 34.6. The zero-order valence-electron chi connectivity index (χ0n) is 32.2. The minimum absolute atomic E-state index is 0.0179. The predicted molar refractivity (Wildman–Crippen MR) is 242 cm³/mol. The second-order valence-corrected chi connectivity index (χ2v) is 14.4. The molecule has 3 amide bonds. The average Bonchev–Trinajstić information content (AvgIpc) is 3.71. The molecule has 0 bridgehead atoms. The van der Waals surface area contributed by atoms with Gasteiger partial charge in [-0.2, -0.15) is 0 Å². The summed E-state index contributed by atoms with van der Waals surface area (Å²) >= 11 is 4.64. The highest BCUT2D eigenvalue weighted by Crippen LogP contribution is 2.21. The molecule has 0 saturated carbocycles. The van der Waals surface area contributed by atoms with Crippen molar-refractivity contribution in [3.05, 3.63) is 193 Å². The van der Waals surface area contributed by atoms with E-state index in [1.807, 2.05) is 25.1 Å². The van der Waals surface area contributed by atoms with Crippen molar-refractivity contribution in [2.24, 2.45) is 0 Å². The van der Waals surface area contributed by atoms with Crippen molar-refractivity contribution in [1.82, 2.24) is 9.97 Å². The number of nitro benzene ring substituents is 1. The highest BCUT2D eigenvalue weighted by molar-refractivity contribution is 9.10. The van der Waals surface area contributed by atoms with Crippen LogP contribution in [0.3, 0.4) is 0 Å². The van der Waals surface area contributed by atoms with Crippen LogP contribution in [0.25, 0.3) is 0 Å². The van der Waals surface area contributed by atoms with E-state index in [1.165, 1.54) is 48.1 Å². The van der Waals surface area contributed by atoms with E-state index in [0.717, 1.165) is 15.0 Å². The molecule has 10 N–H and O–H groups in total. The van der Waals surface area contributed by atoms with E-state index in [9.17, 15) is 29.3 Å². The molecule has 5 aromatic carbocycles. The van der Waals surface area contributed by atoms with E-state index in [-0.39, 0.29) is 28.8 Å². The quantitative estimate of drug-likeness (QED) is 0.0428. The number of nitrogen functional groups attached to an aromatic ring is 3. The van der Waals surface area contributed by atoms with Crippen LogP contribution in [-0.4, -0.2) is 43.7 Å². The molecular formula is C43H38BrN9O7S. The molecule has 61 heavy (non-hydrogen) atoms. The first-order valence-electron chi connectivity index (χ1n) is 17.7. The van der Waals surface area contributed by atoms with E-state index in [2.05, 4.69) is 41.8 Å². The zero-order chi connectivity index (χ0) is 44.3. The maximum Gasteiger partial charge on any atom is 0.345 e. The smallest absolute Gasteiger partial charge is 0.345 e. The Hall–Kier alpha value is -7.96. The number of halogens is 1. The molecule has 0 radical (unpaired) electrons. The number of anilines is 6. The highest BCUT2D eigenvalue weighted by Gasteiger charge is 2.19. The molecule has 0 aliphatic rings. The third-order valence-corrected chi connectivity index (χ3v) is 9.40. The number of aromatic nitrogens is 2. The van der Waals surface area contributed by atoms with Gasteiger partial charge in [0.1, 0.15) is 16.1 Å². The van der Waals surface area contributed by atoms with Gasteiger partial charge in [-0.25, -0.2) is 9.78 Å². The summed E-state index contributed by atoms with van der Waals surface area (Å²) in [6.07, 6.45) is 4.39. The molecule has 0 fully saturated rings. The summed E-state index contributed by atoms with van der Waals surface area (Å²) in [7, 11) is 0. The van der Waals surface area contributed by atoms with Gasteiger partial charge in [-0.3, -0.25) is 29.5 Å². The van der Waals surface area contributed by atoms with Crippen molar-refractivity contribution < 1.29 is 29.2 Å². The van der Waals surface area contributed by atoms with Gasteiger partial charge in [0.2, 0.25) is 0 Å². The van der Waals surface area contributed by atoms with Gasteiger partial charge in [-0.1, -0.05) is 24.3 Å². The number of nitro groups is 1. The number of thiophene rings is 1. The van der Waals surface area contributed by atoms with Gasteiger partial charge in [0.15, 0.2) is 0 Å². The highest BCUT2D eigenvalue weighted by atomic mass is 79.9. The van der Waals surface area contributed by atoms with Crippen molar-refractivity contribution in [3.63, 3.8) is 0 Å². The van der Waals surface area contributed by atoms with Crippen molar-refractivity contribution in [1.29, 1.82) is 0 Å².